The van der Waals surface area contributed by atoms with Crippen molar-refractivity contribution in [2.24, 2.45) is 27.1 Å². The molecule has 1 aliphatic rings. The summed E-state index contributed by atoms with van der Waals surface area (Å²) in [4.78, 5) is 14.7. The molecule has 1 N–H and O–H groups in total. The predicted molar refractivity (Wildman–Crippen MR) is 69.8 cm³/mol. The third kappa shape index (κ3) is 7.88. The molecule has 0 aromatic rings. The minimum Gasteiger partial charge on any atom is -0.274 e. The molecule has 0 atom stereocenters. The van der Waals surface area contributed by atoms with Gasteiger partial charge in [-0.1, -0.05) is 27.7 Å². The molecule has 0 fully saturated rings. The third-order valence-electron chi connectivity index (χ3n) is 1.80. The molecule has 1 rings (SSSR count). The van der Waals surface area contributed by atoms with Gasteiger partial charge in [0.2, 0.25) is 15.9 Å². The number of nitrogens with one attached hydrogen (secondary N) is 1. The summed E-state index contributed by atoms with van der Waals surface area (Å²) in [6.45, 7) is 7.90. The highest BCUT2D eigenvalue weighted by molar-refractivity contribution is 7.89. The SMILES string of the molecule is CC(C)C(=O)NS(C)(=O)=O.CC(C)C1=NCN=N1. The Morgan fingerprint density at radius 2 is 1.83 bits per heavy atom. The van der Waals surface area contributed by atoms with E-state index in [2.05, 4.69) is 29.1 Å². The van der Waals surface area contributed by atoms with Gasteiger partial charge in [-0.25, -0.2) is 13.4 Å². The summed E-state index contributed by atoms with van der Waals surface area (Å²) < 4.78 is 22.7. The van der Waals surface area contributed by atoms with Crippen molar-refractivity contribution < 1.29 is 13.2 Å². The van der Waals surface area contributed by atoms with E-state index < -0.39 is 15.9 Å². The van der Waals surface area contributed by atoms with E-state index in [9.17, 15) is 13.2 Å². The molecule has 0 aromatic carbocycles. The van der Waals surface area contributed by atoms with E-state index >= 15 is 0 Å². The first-order valence-corrected chi connectivity index (χ1v) is 7.46. The van der Waals surface area contributed by atoms with Crippen LogP contribution in [-0.4, -0.2) is 33.1 Å². The van der Waals surface area contributed by atoms with E-state index in [0.29, 0.717) is 12.6 Å². The van der Waals surface area contributed by atoms with Gasteiger partial charge in [0.1, 0.15) is 5.84 Å². The van der Waals surface area contributed by atoms with Crippen molar-refractivity contribution in [2.75, 3.05) is 12.9 Å². The summed E-state index contributed by atoms with van der Waals surface area (Å²) in [5.41, 5.74) is 0. The molecular formula is C10H20N4O3S. The number of hydrogen-bond acceptors (Lipinski definition) is 6. The molecule has 0 saturated carbocycles. The molecule has 0 spiro atoms. The van der Waals surface area contributed by atoms with Crippen LogP contribution in [0, 0.1) is 11.8 Å². The van der Waals surface area contributed by atoms with Gasteiger partial charge in [0.05, 0.1) is 6.26 Å². The quantitative estimate of drug-likeness (QED) is 0.837. The number of amidine groups is 1. The summed E-state index contributed by atoms with van der Waals surface area (Å²) in [5, 5.41) is 7.52. The summed E-state index contributed by atoms with van der Waals surface area (Å²) >= 11 is 0. The third-order valence-corrected chi connectivity index (χ3v) is 2.37. The second kappa shape index (κ2) is 7.20. The number of azo groups is 1. The van der Waals surface area contributed by atoms with Gasteiger partial charge in [0.15, 0.2) is 6.67 Å². The largest absolute Gasteiger partial charge is 0.274 e. The molecule has 0 aliphatic carbocycles. The van der Waals surface area contributed by atoms with Crippen LogP contribution in [0.3, 0.4) is 0 Å². The Labute approximate surface area is 108 Å². The molecule has 104 valence electrons. The lowest BCUT2D eigenvalue weighted by atomic mass is 10.2. The number of carbonyl (C=O) groups is 1. The first kappa shape index (κ1) is 16.7. The molecule has 18 heavy (non-hydrogen) atoms. The summed E-state index contributed by atoms with van der Waals surface area (Å²) in [6, 6.07) is 0. The lowest BCUT2D eigenvalue weighted by Crippen LogP contribution is -2.32. The van der Waals surface area contributed by atoms with Gasteiger partial charge in [-0.3, -0.25) is 9.52 Å². The number of amides is 1. The average molecular weight is 276 g/mol. The lowest BCUT2D eigenvalue weighted by Gasteiger charge is -2.03. The fraction of sp³-hybridized carbons (Fsp3) is 0.800. The minimum absolute atomic E-state index is 0.297. The molecule has 1 amide bonds. The Morgan fingerprint density at radius 3 is 2.00 bits per heavy atom. The van der Waals surface area contributed by atoms with Crippen molar-refractivity contribution in [1.82, 2.24) is 4.72 Å². The number of nitrogens with zero attached hydrogens (tertiary/aromatic N) is 3. The minimum atomic E-state index is -3.37. The van der Waals surface area contributed by atoms with Crippen molar-refractivity contribution >= 4 is 21.8 Å². The van der Waals surface area contributed by atoms with Gasteiger partial charge in [-0.2, -0.15) is 5.11 Å². The molecule has 1 aliphatic heterocycles. The van der Waals surface area contributed by atoms with Crippen LogP contribution in [0.5, 0.6) is 0 Å². The van der Waals surface area contributed by atoms with Crippen LogP contribution in [0.25, 0.3) is 0 Å². The maximum absolute atomic E-state index is 10.7. The molecule has 0 bridgehead atoms. The Hall–Kier alpha value is -1.31. The van der Waals surface area contributed by atoms with Crippen LogP contribution < -0.4 is 4.72 Å². The van der Waals surface area contributed by atoms with E-state index in [-0.39, 0.29) is 5.92 Å². The normalized spacial score (nSPS) is 14.3. The average Bonchev–Trinajstić information content (AvgIpc) is 2.68. The van der Waals surface area contributed by atoms with Gasteiger partial charge >= 0.3 is 0 Å². The Bertz CT molecular complexity index is 438. The molecule has 0 saturated heterocycles. The van der Waals surface area contributed by atoms with Crippen LogP contribution in [0.4, 0.5) is 0 Å². The first-order chi connectivity index (χ1) is 8.13. The second-order valence-electron chi connectivity index (χ2n) is 4.45. The van der Waals surface area contributed by atoms with Gasteiger partial charge in [0.25, 0.3) is 0 Å². The molecular weight excluding hydrogens is 256 g/mol. The Morgan fingerprint density at radius 1 is 1.28 bits per heavy atom. The van der Waals surface area contributed by atoms with Crippen LogP contribution >= 0.6 is 0 Å². The number of hydrogen-bond donors (Lipinski definition) is 1. The Balaban J connectivity index is 0.000000327. The van der Waals surface area contributed by atoms with Gasteiger partial charge in [-0.05, 0) is 0 Å². The monoisotopic (exact) mass is 276 g/mol. The smallest absolute Gasteiger partial charge is 0.235 e. The molecule has 8 heteroatoms. The maximum Gasteiger partial charge on any atom is 0.235 e. The fourth-order valence-corrected chi connectivity index (χ4v) is 1.44. The number of rotatable bonds is 3. The predicted octanol–water partition coefficient (Wildman–Crippen LogP) is 1.18. The van der Waals surface area contributed by atoms with Crippen LogP contribution in [0.1, 0.15) is 27.7 Å². The van der Waals surface area contributed by atoms with Crippen LogP contribution in [0.15, 0.2) is 15.2 Å². The molecule has 0 radical (unpaired) electrons. The topological polar surface area (TPSA) is 100 Å². The lowest BCUT2D eigenvalue weighted by molar-refractivity contribution is -0.122. The van der Waals surface area contributed by atoms with Gasteiger partial charge < -0.3 is 0 Å². The Kier molecular flexibility index (Phi) is 6.67. The van der Waals surface area contributed by atoms with Crippen molar-refractivity contribution in [3.8, 4) is 0 Å². The zero-order valence-electron chi connectivity index (χ0n) is 11.3. The van der Waals surface area contributed by atoms with Crippen LogP contribution in [-0.2, 0) is 14.8 Å². The summed E-state index contributed by atoms with van der Waals surface area (Å²) in [7, 11) is -3.37. The summed E-state index contributed by atoms with van der Waals surface area (Å²) in [6.07, 6.45) is 0.952. The molecule has 1 heterocycles. The van der Waals surface area contributed by atoms with E-state index in [0.717, 1.165) is 12.1 Å². The van der Waals surface area contributed by atoms with Crippen molar-refractivity contribution in [2.45, 2.75) is 27.7 Å². The summed E-state index contributed by atoms with van der Waals surface area (Å²) in [5.74, 6) is 0.545. The van der Waals surface area contributed by atoms with E-state index in [1.807, 2.05) is 4.72 Å². The van der Waals surface area contributed by atoms with Crippen molar-refractivity contribution in [3.05, 3.63) is 0 Å². The molecule has 0 unspecified atom stereocenters. The molecule has 0 aromatic heterocycles. The highest BCUT2D eigenvalue weighted by Crippen LogP contribution is 2.03. The number of carbonyl (C=O) groups excluding carboxylic acids is 1. The van der Waals surface area contributed by atoms with Gasteiger partial charge in [0, 0.05) is 11.8 Å². The number of sulfonamides is 1. The molecule has 7 nitrogen and oxygen atoms in total. The first-order valence-electron chi connectivity index (χ1n) is 5.57. The highest BCUT2D eigenvalue weighted by Gasteiger charge is 2.11. The van der Waals surface area contributed by atoms with Crippen LogP contribution in [0.2, 0.25) is 0 Å². The van der Waals surface area contributed by atoms with E-state index in [1.54, 1.807) is 13.8 Å². The number of aliphatic imine (C=N–C) groups is 1. The fourth-order valence-electron chi connectivity index (χ4n) is 0.838. The standard InChI is InChI=1S/C5H9N3.C5H11NO3S/c1-4(2)5-6-3-7-8-5;1-4(2)5(7)6-10(3,8)9/h4H,3H2,1-2H3;4H,1-3H3,(H,6,7). The van der Waals surface area contributed by atoms with Crippen molar-refractivity contribution in [3.63, 3.8) is 0 Å². The van der Waals surface area contributed by atoms with E-state index in [1.165, 1.54) is 0 Å². The van der Waals surface area contributed by atoms with E-state index in [4.69, 9.17) is 0 Å². The zero-order valence-corrected chi connectivity index (χ0v) is 12.2. The zero-order chi connectivity index (χ0) is 14.3. The van der Waals surface area contributed by atoms with Gasteiger partial charge in [-0.15, -0.1) is 5.11 Å². The second-order valence-corrected chi connectivity index (χ2v) is 6.20. The maximum atomic E-state index is 10.7. The van der Waals surface area contributed by atoms with Crippen molar-refractivity contribution in [1.29, 1.82) is 0 Å². The highest BCUT2D eigenvalue weighted by atomic mass is 32.2.